The number of ketones is 1. The van der Waals surface area contributed by atoms with Gasteiger partial charge in [0.15, 0.2) is 5.78 Å². The molecule has 3 rings (SSSR count). The molecule has 0 aliphatic rings. The molecule has 3 aromatic carbocycles. The molecule has 0 spiro atoms. The van der Waals surface area contributed by atoms with Crippen molar-refractivity contribution in [3.05, 3.63) is 101 Å². The van der Waals surface area contributed by atoms with Gasteiger partial charge in [-0.3, -0.25) is 14.4 Å². The van der Waals surface area contributed by atoms with Crippen LogP contribution >= 0.6 is 0 Å². The second-order valence-corrected chi connectivity index (χ2v) is 6.75. The van der Waals surface area contributed by atoms with E-state index >= 15 is 0 Å². The predicted molar refractivity (Wildman–Crippen MR) is 118 cm³/mol. The van der Waals surface area contributed by atoms with Crippen LogP contribution in [0.3, 0.4) is 0 Å². The maximum atomic E-state index is 12.9. The molecule has 0 bridgehead atoms. The standard InChI is InChI=1S/C25H24N2O3/c1-3-27(4-2)25(30)19-13-10-14-20(17-19)26-24(29)22-16-9-8-15-21(22)23(28)18-11-6-5-7-12-18/h5-17H,3-4H2,1-2H3,(H,26,29). The van der Waals surface area contributed by atoms with Crippen LogP contribution in [0.25, 0.3) is 0 Å². The smallest absolute Gasteiger partial charge is 0.256 e. The average Bonchev–Trinajstić information content (AvgIpc) is 2.80. The minimum atomic E-state index is -0.401. The molecule has 0 saturated heterocycles. The summed E-state index contributed by atoms with van der Waals surface area (Å²) in [5.41, 5.74) is 2.14. The number of carbonyl (C=O) groups excluding carboxylic acids is 3. The Morgan fingerprint density at radius 3 is 2.00 bits per heavy atom. The van der Waals surface area contributed by atoms with Gasteiger partial charge in [-0.1, -0.05) is 54.6 Å². The summed E-state index contributed by atoms with van der Waals surface area (Å²) in [4.78, 5) is 40.1. The van der Waals surface area contributed by atoms with Gasteiger partial charge in [0.05, 0.1) is 5.56 Å². The Morgan fingerprint density at radius 1 is 0.733 bits per heavy atom. The second kappa shape index (κ2) is 9.65. The molecule has 1 N–H and O–H groups in total. The monoisotopic (exact) mass is 400 g/mol. The van der Waals surface area contributed by atoms with Crippen LogP contribution < -0.4 is 5.32 Å². The zero-order valence-corrected chi connectivity index (χ0v) is 17.1. The van der Waals surface area contributed by atoms with Gasteiger partial charge in [-0.25, -0.2) is 0 Å². The van der Waals surface area contributed by atoms with Gasteiger partial charge in [-0.05, 0) is 38.1 Å². The highest BCUT2D eigenvalue weighted by atomic mass is 16.2. The fourth-order valence-electron chi connectivity index (χ4n) is 3.25. The normalized spacial score (nSPS) is 10.3. The second-order valence-electron chi connectivity index (χ2n) is 6.75. The largest absolute Gasteiger partial charge is 0.339 e. The number of anilines is 1. The molecule has 0 aromatic heterocycles. The molecule has 0 atom stereocenters. The molecule has 5 nitrogen and oxygen atoms in total. The minimum Gasteiger partial charge on any atom is -0.339 e. The lowest BCUT2D eigenvalue weighted by atomic mass is 9.98. The van der Waals surface area contributed by atoms with E-state index in [9.17, 15) is 14.4 Å². The number of hydrogen-bond donors (Lipinski definition) is 1. The molecule has 2 amide bonds. The van der Waals surface area contributed by atoms with E-state index in [0.29, 0.717) is 35.5 Å². The van der Waals surface area contributed by atoms with Crippen molar-refractivity contribution in [2.45, 2.75) is 13.8 Å². The third-order valence-electron chi connectivity index (χ3n) is 4.87. The van der Waals surface area contributed by atoms with Crippen molar-refractivity contribution in [1.82, 2.24) is 4.90 Å². The van der Waals surface area contributed by atoms with Crippen LogP contribution in [0.15, 0.2) is 78.9 Å². The summed E-state index contributed by atoms with van der Waals surface area (Å²) >= 11 is 0. The molecule has 0 saturated carbocycles. The van der Waals surface area contributed by atoms with Gasteiger partial charge in [0.2, 0.25) is 0 Å². The predicted octanol–water partition coefficient (Wildman–Crippen LogP) is 4.65. The number of nitrogens with one attached hydrogen (secondary N) is 1. The van der Waals surface area contributed by atoms with E-state index in [0.717, 1.165) is 0 Å². The van der Waals surface area contributed by atoms with E-state index in [1.165, 1.54) is 0 Å². The number of carbonyl (C=O) groups is 3. The lowest BCUT2D eigenvalue weighted by Crippen LogP contribution is -2.30. The van der Waals surface area contributed by atoms with Crippen LogP contribution in [-0.4, -0.2) is 35.6 Å². The van der Waals surface area contributed by atoms with Crippen molar-refractivity contribution in [2.75, 3.05) is 18.4 Å². The molecule has 0 unspecified atom stereocenters. The highest BCUT2D eigenvalue weighted by Gasteiger charge is 2.19. The van der Waals surface area contributed by atoms with Gasteiger partial charge in [-0.15, -0.1) is 0 Å². The van der Waals surface area contributed by atoms with Crippen LogP contribution in [0, 0.1) is 0 Å². The molecule has 30 heavy (non-hydrogen) atoms. The molecular weight excluding hydrogens is 376 g/mol. The quantitative estimate of drug-likeness (QED) is 0.587. The van der Waals surface area contributed by atoms with Crippen molar-refractivity contribution in [1.29, 1.82) is 0 Å². The van der Waals surface area contributed by atoms with Crippen molar-refractivity contribution in [2.24, 2.45) is 0 Å². The highest BCUT2D eigenvalue weighted by molar-refractivity contribution is 6.17. The summed E-state index contributed by atoms with van der Waals surface area (Å²) in [5.74, 6) is -0.704. The fourth-order valence-corrected chi connectivity index (χ4v) is 3.25. The summed E-state index contributed by atoms with van der Waals surface area (Å²) in [6.07, 6.45) is 0. The van der Waals surface area contributed by atoms with E-state index in [-0.39, 0.29) is 17.3 Å². The maximum absolute atomic E-state index is 12.9. The van der Waals surface area contributed by atoms with Crippen LogP contribution in [0.4, 0.5) is 5.69 Å². The lowest BCUT2D eigenvalue weighted by Gasteiger charge is -2.19. The first-order valence-corrected chi connectivity index (χ1v) is 9.94. The number of hydrogen-bond acceptors (Lipinski definition) is 3. The molecule has 5 heteroatoms. The molecular formula is C25H24N2O3. The Balaban J connectivity index is 1.85. The van der Waals surface area contributed by atoms with Gasteiger partial charge >= 0.3 is 0 Å². The van der Waals surface area contributed by atoms with Crippen molar-refractivity contribution in [3.63, 3.8) is 0 Å². The summed E-state index contributed by atoms with van der Waals surface area (Å²) in [6, 6.07) is 22.4. The average molecular weight is 400 g/mol. The molecule has 0 heterocycles. The Hall–Kier alpha value is -3.73. The fraction of sp³-hybridized carbons (Fsp3) is 0.160. The minimum absolute atomic E-state index is 0.0873. The van der Waals surface area contributed by atoms with Crippen LogP contribution in [0.5, 0.6) is 0 Å². The molecule has 0 aliphatic carbocycles. The highest BCUT2D eigenvalue weighted by Crippen LogP contribution is 2.18. The zero-order valence-electron chi connectivity index (χ0n) is 17.1. The first-order valence-electron chi connectivity index (χ1n) is 9.94. The SMILES string of the molecule is CCN(CC)C(=O)c1cccc(NC(=O)c2ccccc2C(=O)c2ccccc2)c1. The molecule has 0 radical (unpaired) electrons. The van der Waals surface area contributed by atoms with Gasteiger partial charge in [0, 0.05) is 35.5 Å². The van der Waals surface area contributed by atoms with Crippen LogP contribution in [0.2, 0.25) is 0 Å². The van der Waals surface area contributed by atoms with E-state index in [4.69, 9.17) is 0 Å². The summed E-state index contributed by atoms with van der Waals surface area (Å²) < 4.78 is 0. The zero-order chi connectivity index (χ0) is 21.5. The van der Waals surface area contributed by atoms with Crippen LogP contribution in [-0.2, 0) is 0 Å². The molecule has 152 valence electrons. The van der Waals surface area contributed by atoms with Gasteiger partial charge in [-0.2, -0.15) is 0 Å². The van der Waals surface area contributed by atoms with Crippen molar-refractivity contribution < 1.29 is 14.4 Å². The van der Waals surface area contributed by atoms with Crippen molar-refractivity contribution in [3.8, 4) is 0 Å². The Labute approximate surface area is 176 Å². The first kappa shape index (κ1) is 21.0. The third-order valence-corrected chi connectivity index (χ3v) is 4.87. The topological polar surface area (TPSA) is 66.5 Å². The van der Waals surface area contributed by atoms with E-state index in [2.05, 4.69) is 5.32 Å². The number of rotatable bonds is 7. The molecule has 0 aliphatic heterocycles. The third kappa shape index (κ3) is 4.63. The van der Waals surface area contributed by atoms with E-state index in [1.54, 1.807) is 77.7 Å². The van der Waals surface area contributed by atoms with Gasteiger partial charge < -0.3 is 10.2 Å². The van der Waals surface area contributed by atoms with E-state index < -0.39 is 5.91 Å². The summed E-state index contributed by atoms with van der Waals surface area (Å²) in [7, 11) is 0. The van der Waals surface area contributed by atoms with Gasteiger partial charge in [0.1, 0.15) is 0 Å². The van der Waals surface area contributed by atoms with E-state index in [1.807, 2.05) is 19.9 Å². The van der Waals surface area contributed by atoms with Crippen LogP contribution in [0.1, 0.15) is 50.5 Å². The lowest BCUT2D eigenvalue weighted by molar-refractivity contribution is 0.0772. The number of amides is 2. The molecule has 0 fully saturated rings. The number of benzene rings is 3. The van der Waals surface area contributed by atoms with Gasteiger partial charge in [0.25, 0.3) is 11.8 Å². The number of nitrogens with zero attached hydrogens (tertiary/aromatic N) is 1. The maximum Gasteiger partial charge on any atom is 0.256 e. The Bertz CT molecular complexity index is 1060. The summed E-state index contributed by atoms with van der Waals surface area (Å²) in [5, 5.41) is 2.81. The summed E-state index contributed by atoms with van der Waals surface area (Å²) in [6.45, 7) is 5.07. The molecule has 3 aromatic rings. The van der Waals surface area contributed by atoms with Crippen molar-refractivity contribution >= 4 is 23.3 Å². The first-order chi connectivity index (χ1) is 14.5. The Morgan fingerprint density at radius 2 is 1.33 bits per heavy atom. The Kier molecular flexibility index (Phi) is 6.75.